The van der Waals surface area contributed by atoms with E-state index in [-0.39, 0.29) is 7.33 Å². The van der Waals surface area contributed by atoms with Crippen LogP contribution in [0.5, 0.6) is 0 Å². The second kappa shape index (κ2) is 18.1. The van der Waals surface area contributed by atoms with E-state index in [4.69, 9.17) is 18.9 Å². The molecule has 0 aromatic carbocycles. The van der Waals surface area contributed by atoms with Gasteiger partial charge in [0.2, 0.25) is 5.91 Å². The predicted octanol–water partition coefficient (Wildman–Crippen LogP) is 2.90. The number of carbonyl (C=O) groups is 1. The van der Waals surface area contributed by atoms with Crippen LogP contribution in [0, 0.1) is 11.8 Å². The zero-order valence-corrected chi connectivity index (χ0v) is 16.7. The summed E-state index contributed by atoms with van der Waals surface area (Å²) in [5.41, 5.74) is 0. The maximum absolute atomic E-state index is 11.5. The predicted molar refractivity (Wildman–Crippen MR) is 102 cm³/mol. The molecule has 1 amide bonds. The van der Waals surface area contributed by atoms with E-state index in [1.165, 1.54) is 0 Å². The van der Waals surface area contributed by atoms with Crippen molar-refractivity contribution in [1.29, 1.82) is 0 Å². The SMILES string of the molecule is CCC(C)COCCOCCOCCOCCNC(=O)CCC(C)C.[HH]. The van der Waals surface area contributed by atoms with Gasteiger partial charge in [-0.1, -0.05) is 34.1 Å². The molecule has 1 N–H and O–H groups in total. The quantitative estimate of drug-likeness (QED) is 0.379. The van der Waals surface area contributed by atoms with Crippen LogP contribution < -0.4 is 5.32 Å². The summed E-state index contributed by atoms with van der Waals surface area (Å²) in [7, 11) is 0. The van der Waals surface area contributed by atoms with Gasteiger partial charge in [0.25, 0.3) is 0 Å². The van der Waals surface area contributed by atoms with Gasteiger partial charge in [0, 0.05) is 21.0 Å². The number of nitrogens with one attached hydrogen (secondary N) is 1. The van der Waals surface area contributed by atoms with Crippen molar-refractivity contribution in [3.05, 3.63) is 0 Å². The van der Waals surface area contributed by atoms with Gasteiger partial charge in [-0.2, -0.15) is 0 Å². The maximum atomic E-state index is 11.5. The molecule has 0 aliphatic rings. The van der Waals surface area contributed by atoms with Gasteiger partial charge in [-0.25, -0.2) is 0 Å². The smallest absolute Gasteiger partial charge is 0.220 e. The fourth-order valence-corrected chi connectivity index (χ4v) is 1.83. The summed E-state index contributed by atoms with van der Waals surface area (Å²) < 4.78 is 21.7. The minimum absolute atomic E-state index is 0. The summed E-state index contributed by atoms with van der Waals surface area (Å²) in [6.07, 6.45) is 2.65. The first kappa shape index (κ1) is 24.3. The van der Waals surface area contributed by atoms with Gasteiger partial charge in [-0.05, 0) is 18.3 Å². The van der Waals surface area contributed by atoms with E-state index in [9.17, 15) is 4.79 Å². The Hall–Kier alpha value is -0.690. The molecule has 0 aliphatic heterocycles. The highest BCUT2D eigenvalue weighted by Crippen LogP contribution is 2.02. The standard InChI is InChI=1S/C19H39NO5.H2/c1-5-18(4)16-25-15-14-24-13-12-23-11-10-22-9-8-20-19(21)7-6-17(2)3;/h17-18H,5-16H2,1-4H3,(H,20,21);1H. The molecule has 0 aromatic rings. The largest absolute Gasteiger partial charge is 0.379 e. The zero-order chi connectivity index (χ0) is 18.8. The summed E-state index contributed by atoms with van der Waals surface area (Å²) >= 11 is 0. The van der Waals surface area contributed by atoms with Crippen LogP contribution in [-0.4, -0.2) is 65.3 Å². The molecule has 6 heteroatoms. The zero-order valence-electron chi connectivity index (χ0n) is 16.7. The molecule has 1 atom stereocenters. The number of hydrogen-bond acceptors (Lipinski definition) is 5. The molecule has 0 rings (SSSR count). The van der Waals surface area contributed by atoms with Crippen LogP contribution in [0.4, 0.5) is 0 Å². The van der Waals surface area contributed by atoms with Gasteiger partial charge in [0.1, 0.15) is 0 Å². The Kier molecular flexibility index (Phi) is 17.6. The Morgan fingerprint density at radius 2 is 1.40 bits per heavy atom. The number of ether oxygens (including phenoxy) is 4. The molecular weight excluding hydrogens is 322 g/mol. The molecule has 0 spiro atoms. The van der Waals surface area contributed by atoms with Crippen LogP contribution in [0.3, 0.4) is 0 Å². The van der Waals surface area contributed by atoms with Crippen molar-refractivity contribution in [3.8, 4) is 0 Å². The molecule has 0 radical (unpaired) electrons. The third-order valence-corrected chi connectivity index (χ3v) is 3.73. The molecule has 0 bridgehead atoms. The summed E-state index contributed by atoms with van der Waals surface area (Å²) in [6.45, 7) is 13.9. The Balaban J connectivity index is 0. The first-order chi connectivity index (χ1) is 12.1. The molecule has 0 heterocycles. The lowest BCUT2D eigenvalue weighted by Gasteiger charge is -2.10. The molecule has 0 fully saturated rings. The fourth-order valence-electron chi connectivity index (χ4n) is 1.83. The molecule has 0 saturated heterocycles. The van der Waals surface area contributed by atoms with E-state index in [0.717, 1.165) is 19.4 Å². The molecule has 0 saturated carbocycles. The third kappa shape index (κ3) is 19.5. The van der Waals surface area contributed by atoms with Crippen LogP contribution in [0.25, 0.3) is 0 Å². The van der Waals surface area contributed by atoms with E-state index in [1.807, 2.05) is 0 Å². The van der Waals surface area contributed by atoms with Crippen molar-refractivity contribution in [2.24, 2.45) is 11.8 Å². The van der Waals surface area contributed by atoms with E-state index in [1.54, 1.807) is 0 Å². The topological polar surface area (TPSA) is 66.0 Å². The van der Waals surface area contributed by atoms with E-state index in [0.29, 0.717) is 71.0 Å². The monoisotopic (exact) mass is 363 g/mol. The van der Waals surface area contributed by atoms with Gasteiger partial charge >= 0.3 is 0 Å². The van der Waals surface area contributed by atoms with E-state index >= 15 is 0 Å². The lowest BCUT2D eigenvalue weighted by Crippen LogP contribution is -2.27. The minimum atomic E-state index is 0. The number of hydrogen-bond donors (Lipinski definition) is 1. The second-order valence-corrected chi connectivity index (χ2v) is 6.71. The van der Waals surface area contributed by atoms with Crippen molar-refractivity contribution in [3.63, 3.8) is 0 Å². The second-order valence-electron chi connectivity index (χ2n) is 6.71. The molecule has 0 aromatic heterocycles. The fraction of sp³-hybridized carbons (Fsp3) is 0.947. The van der Waals surface area contributed by atoms with Crippen molar-refractivity contribution < 1.29 is 25.2 Å². The summed E-state index contributed by atoms with van der Waals surface area (Å²) in [5, 5.41) is 2.85. The van der Waals surface area contributed by atoms with Crippen LogP contribution in [0.2, 0.25) is 0 Å². The maximum Gasteiger partial charge on any atom is 0.220 e. The normalized spacial score (nSPS) is 12.5. The van der Waals surface area contributed by atoms with Crippen molar-refractivity contribution >= 4 is 5.91 Å². The average molecular weight is 364 g/mol. The van der Waals surface area contributed by atoms with Crippen LogP contribution in [0.1, 0.15) is 48.4 Å². The highest BCUT2D eigenvalue weighted by Gasteiger charge is 2.02. The molecule has 152 valence electrons. The molecule has 1 unspecified atom stereocenters. The van der Waals surface area contributed by atoms with Crippen LogP contribution in [0.15, 0.2) is 0 Å². The third-order valence-electron chi connectivity index (χ3n) is 3.73. The van der Waals surface area contributed by atoms with Gasteiger partial charge in [-0.3, -0.25) is 4.79 Å². The van der Waals surface area contributed by atoms with E-state index < -0.39 is 0 Å². The highest BCUT2D eigenvalue weighted by atomic mass is 16.6. The molecule has 6 nitrogen and oxygen atoms in total. The van der Waals surface area contributed by atoms with Crippen molar-refractivity contribution in [2.75, 3.05) is 59.4 Å². The summed E-state index contributed by atoms with van der Waals surface area (Å²) in [6, 6.07) is 0. The van der Waals surface area contributed by atoms with Crippen LogP contribution in [-0.2, 0) is 23.7 Å². The summed E-state index contributed by atoms with van der Waals surface area (Å²) in [4.78, 5) is 11.5. The van der Waals surface area contributed by atoms with E-state index in [2.05, 4.69) is 33.0 Å². The lowest BCUT2D eigenvalue weighted by molar-refractivity contribution is -0.121. The molecular formula is C19H41NO5. The Morgan fingerprint density at radius 1 is 0.880 bits per heavy atom. The van der Waals surface area contributed by atoms with Gasteiger partial charge < -0.3 is 24.3 Å². The molecule has 0 aliphatic carbocycles. The Morgan fingerprint density at radius 3 is 1.92 bits per heavy atom. The first-order valence-corrected chi connectivity index (χ1v) is 9.63. The first-order valence-electron chi connectivity index (χ1n) is 9.63. The lowest BCUT2D eigenvalue weighted by atomic mass is 10.1. The minimum Gasteiger partial charge on any atom is -0.379 e. The highest BCUT2D eigenvalue weighted by molar-refractivity contribution is 5.75. The number of rotatable bonds is 18. The van der Waals surface area contributed by atoms with Gasteiger partial charge in [-0.15, -0.1) is 0 Å². The Bertz CT molecular complexity index is 306. The number of carbonyl (C=O) groups excluding carboxylic acids is 1. The number of amides is 1. The van der Waals surface area contributed by atoms with Gasteiger partial charge in [0.15, 0.2) is 0 Å². The van der Waals surface area contributed by atoms with Crippen molar-refractivity contribution in [1.82, 2.24) is 5.32 Å². The Labute approximate surface area is 155 Å². The molecule has 25 heavy (non-hydrogen) atoms. The summed E-state index contributed by atoms with van der Waals surface area (Å²) in [5.74, 6) is 1.26. The average Bonchev–Trinajstić information content (AvgIpc) is 2.59. The van der Waals surface area contributed by atoms with Crippen molar-refractivity contribution in [2.45, 2.75) is 47.0 Å². The van der Waals surface area contributed by atoms with Gasteiger partial charge in [0.05, 0.1) is 46.2 Å². The van der Waals surface area contributed by atoms with Crippen LogP contribution >= 0.6 is 0 Å².